The Morgan fingerprint density at radius 1 is 1.18 bits per heavy atom. The van der Waals surface area contributed by atoms with Crippen LogP contribution in [0.2, 0.25) is 6.04 Å². The summed E-state index contributed by atoms with van der Waals surface area (Å²) in [5, 5.41) is 0. The molecule has 0 radical (unpaired) electrons. The van der Waals surface area contributed by atoms with Gasteiger partial charge in [-0.25, -0.2) is 4.79 Å². The molecule has 0 aromatic rings. The maximum absolute atomic E-state index is 11.1. The van der Waals surface area contributed by atoms with Gasteiger partial charge in [0.2, 0.25) is 10.5 Å². The summed E-state index contributed by atoms with van der Waals surface area (Å²) < 4.78 is 20.6. The van der Waals surface area contributed by atoms with E-state index in [1.165, 1.54) is 0 Å². The van der Waals surface area contributed by atoms with E-state index in [2.05, 4.69) is 6.58 Å². The predicted molar refractivity (Wildman–Crippen MR) is 70.6 cm³/mol. The molecule has 7 heteroatoms. The minimum atomic E-state index is -2.46. The van der Waals surface area contributed by atoms with Gasteiger partial charge in [-0.05, 0) is 19.3 Å². The Balaban J connectivity index is 3.91. The van der Waals surface area contributed by atoms with Gasteiger partial charge in [0.25, 0.3) is 0 Å². The maximum Gasteiger partial charge on any atom is 0.500 e. The van der Waals surface area contributed by atoms with Crippen molar-refractivity contribution in [3.63, 3.8) is 0 Å². The first-order valence-electron chi connectivity index (χ1n) is 5.46. The fourth-order valence-electron chi connectivity index (χ4n) is 1.48. The van der Waals surface area contributed by atoms with Crippen LogP contribution in [0.25, 0.3) is 0 Å². The first-order valence-corrected chi connectivity index (χ1v) is 8.21. The molecule has 0 N–H and O–H groups in total. The smallest absolute Gasteiger partial charge is 0.500 e. The largest absolute Gasteiger partial charge is 0.526 e. The molecule has 0 unspecified atom stereocenters. The van der Waals surface area contributed by atoms with Crippen molar-refractivity contribution in [3.8, 4) is 0 Å². The van der Waals surface area contributed by atoms with Crippen molar-refractivity contribution in [1.29, 1.82) is 0 Å². The summed E-state index contributed by atoms with van der Waals surface area (Å²) in [4.78, 5) is 11.1. The zero-order valence-electron chi connectivity index (χ0n) is 11.1. The van der Waals surface area contributed by atoms with E-state index in [0.717, 1.165) is 18.9 Å². The second kappa shape index (κ2) is 8.59. The molecule has 0 aromatic carbocycles. The normalized spacial score (nSPS) is 11.5. The lowest BCUT2D eigenvalue weighted by Crippen LogP contribution is -2.42. The molecular weight excluding hydrogens is 256 g/mol. The Morgan fingerprint density at radius 3 is 2.12 bits per heavy atom. The maximum atomic E-state index is 11.1. The van der Waals surface area contributed by atoms with Crippen LogP contribution in [0.1, 0.15) is 19.3 Å². The van der Waals surface area contributed by atoms with E-state index < -0.39 is 8.80 Å². The first-order chi connectivity index (χ1) is 8.05. The molecular formula is C10H22O5Si2. The van der Waals surface area contributed by atoms with Crippen LogP contribution < -0.4 is 0 Å². The van der Waals surface area contributed by atoms with Crippen molar-refractivity contribution in [2.24, 2.45) is 0 Å². The average Bonchev–Trinajstić information content (AvgIpc) is 2.38. The SMILES string of the molecule is C=C(CCCC[Si](OC)(OC)OC)C(=O)O[SiH3]. The molecule has 5 nitrogen and oxygen atoms in total. The molecule has 0 spiro atoms. The van der Waals surface area contributed by atoms with E-state index in [0.29, 0.717) is 22.5 Å². The van der Waals surface area contributed by atoms with Crippen LogP contribution in [-0.2, 0) is 22.5 Å². The molecule has 0 aliphatic rings. The summed E-state index contributed by atoms with van der Waals surface area (Å²) >= 11 is 0. The van der Waals surface area contributed by atoms with Gasteiger partial charge in [-0.15, -0.1) is 0 Å². The molecule has 0 heterocycles. The van der Waals surface area contributed by atoms with Gasteiger partial charge < -0.3 is 17.7 Å². The number of hydrogen-bond donors (Lipinski definition) is 0. The third-order valence-electron chi connectivity index (χ3n) is 2.62. The summed E-state index contributed by atoms with van der Waals surface area (Å²) in [5.41, 5.74) is 0.527. The molecule has 0 aliphatic heterocycles. The second-order valence-corrected chi connectivity index (χ2v) is 7.10. The highest BCUT2D eigenvalue weighted by Gasteiger charge is 2.36. The van der Waals surface area contributed by atoms with Crippen molar-refractivity contribution >= 4 is 25.3 Å². The number of rotatable bonds is 9. The summed E-state index contributed by atoms with van der Waals surface area (Å²) in [6, 6.07) is 0.736. The van der Waals surface area contributed by atoms with E-state index in [-0.39, 0.29) is 5.97 Å². The molecule has 0 rings (SSSR count). The molecule has 0 bridgehead atoms. The highest BCUT2D eigenvalue weighted by atomic mass is 28.4. The van der Waals surface area contributed by atoms with Gasteiger partial charge in [-0.2, -0.15) is 0 Å². The number of unbranched alkanes of at least 4 members (excludes halogenated alkanes) is 1. The van der Waals surface area contributed by atoms with E-state index in [1.807, 2.05) is 0 Å². The van der Waals surface area contributed by atoms with Gasteiger partial charge >= 0.3 is 14.8 Å². The molecule has 0 fully saturated rings. The van der Waals surface area contributed by atoms with Crippen LogP contribution in [0.5, 0.6) is 0 Å². The van der Waals surface area contributed by atoms with E-state index in [4.69, 9.17) is 17.7 Å². The average molecular weight is 278 g/mol. The monoisotopic (exact) mass is 278 g/mol. The minimum Gasteiger partial charge on any atom is -0.526 e. The summed E-state index contributed by atoms with van der Waals surface area (Å²) in [5.74, 6) is -0.287. The Hall–Kier alpha value is -0.476. The van der Waals surface area contributed by atoms with Crippen molar-refractivity contribution in [3.05, 3.63) is 12.2 Å². The Bertz CT molecular complexity index is 245. The molecule has 0 saturated carbocycles. The summed E-state index contributed by atoms with van der Waals surface area (Å²) in [6.07, 6.45) is 2.36. The lowest BCUT2D eigenvalue weighted by atomic mass is 10.1. The Morgan fingerprint density at radius 2 is 1.71 bits per heavy atom. The minimum absolute atomic E-state index is 0.287. The van der Waals surface area contributed by atoms with Gasteiger partial charge in [-0.1, -0.05) is 6.58 Å². The van der Waals surface area contributed by atoms with Gasteiger partial charge in [-0.3, -0.25) is 0 Å². The molecule has 0 saturated heterocycles. The van der Waals surface area contributed by atoms with Gasteiger partial charge in [0.05, 0.1) is 0 Å². The first kappa shape index (κ1) is 16.5. The standard InChI is InChI=1S/C10H22O5Si2/c1-9(10(11)15-16)7-5-6-8-17(12-2,13-3)14-4/h1,5-8H2,2-4,16H3. The molecule has 100 valence electrons. The van der Waals surface area contributed by atoms with Crippen LogP contribution in [0.4, 0.5) is 0 Å². The zero-order valence-corrected chi connectivity index (χ0v) is 14.1. The molecule has 0 aliphatic carbocycles. The van der Waals surface area contributed by atoms with E-state index in [9.17, 15) is 4.79 Å². The van der Waals surface area contributed by atoms with Crippen molar-refractivity contribution in [1.82, 2.24) is 0 Å². The number of carbonyl (C=O) groups is 1. The predicted octanol–water partition coefficient (Wildman–Crippen LogP) is 0.415. The van der Waals surface area contributed by atoms with Gasteiger partial charge in [0.15, 0.2) is 0 Å². The topological polar surface area (TPSA) is 54.0 Å². The number of hydrogen-bond acceptors (Lipinski definition) is 5. The highest BCUT2D eigenvalue weighted by molar-refractivity contribution is 6.60. The Labute approximate surface area is 107 Å². The van der Waals surface area contributed by atoms with Crippen LogP contribution in [0.3, 0.4) is 0 Å². The lowest BCUT2D eigenvalue weighted by Gasteiger charge is -2.24. The Kier molecular flexibility index (Phi) is 8.35. The quantitative estimate of drug-likeness (QED) is 0.347. The van der Waals surface area contributed by atoms with Crippen LogP contribution in [-0.4, -0.2) is 46.6 Å². The third kappa shape index (κ3) is 5.60. The van der Waals surface area contributed by atoms with Crippen LogP contribution in [0, 0.1) is 0 Å². The molecule has 0 aromatic heterocycles. The third-order valence-corrected chi connectivity index (χ3v) is 5.82. The molecule has 0 amide bonds. The van der Waals surface area contributed by atoms with Crippen molar-refractivity contribution in [2.45, 2.75) is 25.3 Å². The second-order valence-electron chi connectivity index (χ2n) is 3.60. The zero-order chi connectivity index (χ0) is 13.3. The van der Waals surface area contributed by atoms with E-state index >= 15 is 0 Å². The van der Waals surface area contributed by atoms with Crippen LogP contribution in [0.15, 0.2) is 12.2 Å². The van der Waals surface area contributed by atoms with Crippen molar-refractivity contribution < 1.29 is 22.5 Å². The summed E-state index contributed by atoms with van der Waals surface area (Å²) in [7, 11) is 2.73. The lowest BCUT2D eigenvalue weighted by molar-refractivity contribution is -0.129. The van der Waals surface area contributed by atoms with Gasteiger partial charge in [0.1, 0.15) is 0 Å². The van der Waals surface area contributed by atoms with Crippen molar-refractivity contribution in [2.75, 3.05) is 21.3 Å². The fraction of sp³-hybridized carbons (Fsp3) is 0.700. The van der Waals surface area contributed by atoms with Gasteiger partial charge in [0, 0.05) is 32.9 Å². The highest BCUT2D eigenvalue weighted by Crippen LogP contribution is 2.18. The number of carbonyl (C=O) groups excluding carboxylic acids is 1. The fourth-order valence-corrected chi connectivity index (χ4v) is 3.57. The molecule has 0 atom stereocenters. The van der Waals surface area contributed by atoms with Crippen LogP contribution >= 0.6 is 0 Å². The van der Waals surface area contributed by atoms with E-state index in [1.54, 1.807) is 21.3 Å². The summed E-state index contributed by atoms with van der Waals surface area (Å²) in [6.45, 7) is 3.69. The molecule has 17 heavy (non-hydrogen) atoms.